The topological polar surface area (TPSA) is 0 Å². The molecule has 0 aromatic heterocycles. The van der Waals surface area contributed by atoms with Gasteiger partial charge in [0.25, 0.3) is 0 Å². The zero-order chi connectivity index (χ0) is 19.9. The minimum atomic E-state index is 0.578. The highest BCUT2D eigenvalue weighted by Gasteiger charge is 2.61. The molecule has 0 bridgehead atoms. The van der Waals surface area contributed by atoms with E-state index in [0.29, 0.717) is 16.2 Å². The summed E-state index contributed by atoms with van der Waals surface area (Å²) in [6.07, 6.45) is 17.7. The van der Waals surface area contributed by atoms with Crippen LogP contribution in [0.3, 0.4) is 0 Å². The molecule has 5 aliphatic carbocycles. The van der Waals surface area contributed by atoms with Gasteiger partial charge in [0.1, 0.15) is 0 Å². The van der Waals surface area contributed by atoms with Crippen LogP contribution in [0.15, 0.2) is 11.6 Å². The van der Waals surface area contributed by atoms with E-state index < -0.39 is 0 Å². The molecule has 28 heavy (non-hydrogen) atoms. The van der Waals surface area contributed by atoms with Crippen LogP contribution in [-0.2, 0) is 0 Å². The van der Waals surface area contributed by atoms with E-state index in [-0.39, 0.29) is 0 Å². The summed E-state index contributed by atoms with van der Waals surface area (Å²) in [5.74, 6) is 6.47. The lowest BCUT2D eigenvalue weighted by atomic mass is 9.38. The van der Waals surface area contributed by atoms with Crippen molar-refractivity contribution in [3.8, 4) is 0 Å². The molecular weight excluding hydrogens is 336 g/mol. The van der Waals surface area contributed by atoms with Crippen LogP contribution in [0.4, 0.5) is 0 Å². The quantitative estimate of drug-likeness (QED) is 0.370. The van der Waals surface area contributed by atoms with Crippen molar-refractivity contribution in [1.29, 1.82) is 0 Å². The summed E-state index contributed by atoms with van der Waals surface area (Å²) in [4.78, 5) is 0. The lowest BCUT2D eigenvalue weighted by Gasteiger charge is -2.66. The number of allylic oxidation sites excluding steroid dienone is 2. The van der Waals surface area contributed by atoms with Gasteiger partial charge in [0, 0.05) is 0 Å². The first kappa shape index (κ1) is 19.7. The molecule has 5 rings (SSSR count). The third-order valence-corrected chi connectivity index (χ3v) is 12.0. The summed E-state index contributed by atoms with van der Waals surface area (Å²) < 4.78 is 0. The van der Waals surface area contributed by atoms with Gasteiger partial charge in [-0.15, -0.1) is 0 Å². The van der Waals surface area contributed by atoms with Gasteiger partial charge in [0.05, 0.1) is 0 Å². The van der Waals surface area contributed by atoms with E-state index in [9.17, 15) is 0 Å². The molecule has 6 unspecified atom stereocenters. The van der Waals surface area contributed by atoms with Crippen molar-refractivity contribution in [1.82, 2.24) is 0 Å². The molecule has 0 saturated heterocycles. The molecule has 0 aromatic rings. The number of hydrogen-bond donors (Lipinski definition) is 0. The summed E-state index contributed by atoms with van der Waals surface area (Å²) in [6.45, 7) is 15.9. The number of fused-ring (bicyclic) bond motifs is 7. The van der Waals surface area contributed by atoms with Crippen LogP contribution < -0.4 is 0 Å². The van der Waals surface area contributed by atoms with Gasteiger partial charge in [0.15, 0.2) is 0 Å². The van der Waals surface area contributed by atoms with E-state index in [2.05, 4.69) is 47.6 Å². The second-order valence-electron chi connectivity index (χ2n) is 13.1. The van der Waals surface area contributed by atoms with E-state index in [4.69, 9.17) is 0 Å². The van der Waals surface area contributed by atoms with Crippen LogP contribution in [0.5, 0.6) is 0 Å². The Labute approximate surface area is 175 Å². The normalized spacial score (nSPS) is 58.6. The Morgan fingerprint density at radius 1 is 0.786 bits per heavy atom. The van der Waals surface area contributed by atoms with Gasteiger partial charge in [-0.25, -0.2) is 0 Å². The number of hydrogen-bond acceptors (Lipinski definition) is 0. The van der Waals surface area contributed by atoms with Crippen LogP contribution >= 0.6 is 0 Å². The highest BCUT2D eigenvalue weighted by atomic mass is 14.7. The molecular formula is C28H46. The van der Waals surface area contributed by atoms with Crippen LogP contribution in [0.1, 0.15) is 106 Å². The number of rotatable bonds is 0. The largest absolute Gasteiger partial charge is 0.0844 e. The molecule has 5 aliphatic rings. The van der Waals surface area contributed by atoms with E-state index in [0.717, 1.165) is 41.4 Å². The lowest BCUT2D eigenvalue weighted by Crippen LogP contribution is -2.58. The van der Waals surface area contributed by atoms with E-state index in [1.807, 2.05) is 5.57 Å². The monoisotopic (exact) mass is 382 g/mol. The molecule has 4 fully saturated rings. The average molecular weight is 383 g/mol. The van der Waals surface area contributed by atoms with Gasteiger partial charge in [-0.1, -0.05) is 66.0 Å². The summed E-state index contributed by atoms with van der Waals surface area (Å²) in [5.41, 5.74) is 3.74. The van der Waals surface area contributed by atoms with Gasteiger partial charge in [0.2, 0.25) is 0 Å². The van der Waals surface area contributed by atoms with Gasteiger partial charge in [-0.2, -0.15) is 0 Å². The highest BCUT2D eigenvalue weighted by Crippen LogP contribution is 2.70. The Bertz CT molecular complexity index is 659. The average Bonchev–Trinajstić information content (AvgIpc) is 2.64. The van der Waals surface area contributed by atoms with Crippen LogP contribution in [0.25, 0.3) is 0 Å². The Morgan fingerprint density at radius 2 is 1.54 bits per heavy atom. The zero-order valence-corrected chi connectivity index (χ0v) is 19.7. The maximum absolute atomic E-state index is 2.85. The first-order valence-corrected chi connectivity index (χ1v) is 12.9. The maximum Gasteiger partial charge on any atom is -0.0118 e. The molecule has 4 saturated carbocycles. The zero-order valence-electron chi connectivity index (χ0n) is 19.7. The van der Waals surface area contributed by atoms with Crippen molar-refractivity contribution in [3.63, 3.8) is 0 Å². The van der Waals surface area contributed by atoms with E-state index in [1.165, 1.54) is 64.2 Å². The van der Waals surface area contributed by atoms with Crippen molar-refractivity contribution >= 4 is 0 Å². The summed E-state index contributed by atoms with van der Waals surface area (Å²) in [5, 5.41) is 0. The van der Waals surface area contributed by atoms with Crippen molar-refractivity contribution in [3.05, 3.63) is 11.6 Å². The van der Waals surface area contributed by atoms with E-state index >= 15 is 0 Å². The van der Waals surface area contributed by atoms with Gasteiger partial charge >= 0.3 is 0 Å². The predicted molar refractivity (Wildman–Crippen MR) is 120 cm³/mol. The molecule has 0 radical (unpaired) electrons. The molecule has 0 heteroatoms. The minimum Gasteiger partial charge on any atom is -0.0844 e. The van der Waals surface area contributed by atoms with Crippen molar-refractivity contribution in [2.45, 2.75) is 106 Å². The fourth-order valence-electron chi connectivity index (χ4n) is 10.3. The first-order valence-electron chi connectivity index (χ1n) is 12.9. The summed E-state index contributed by atoms with van der Waals surface area (Å²) in [7, 11) is 0. The lowest BCUT2D eigenvalue weighted by molar-refractivity contribution is -0.135. The standard InChI is InChI=1S/C28H46/c1-18-11-15-26(4)16-12-23-21(25(26)20(18)3)9-10-24-27(5)14-7-8-19(2)22(27)13-17-28(23,24)6/h9,18-20,22-25H,7-8,10-17H2,1-6H3/t18?,19?,20-,22?,23?,24?,25?,26+,27-,28-/m0/s1. The molecule has 10 atom stereocenters. The Hall–Kier alpha value is -0.260. The smallest absolute Gasteiger partial charge is 0.0118 e. The molecule has 0 spiro atoms. The molecule has 0 heterocycles. The molecule has 0 amide bonds. The third kappa shape index (κ3) is 2.48. The second-order valence-corrected chi connectivity index (χ2v) is 13.1. The van der Waals surface area contributed by atoms with E-state index in [1.54, 1.807) is 0 Å². The fourth-order valence-corrected chi connectivity index (χ4v) is 10.3. The molecule has 0 nitrogen and oxygen atoms in total. The minimum absolute atomic E-state index is 0.578. The Balaban J connectivity index is 1.54. The molecule has 0 aliphatic heterocycles. The van der Waals surface area contributed by atoms with Crippen molar-refractivity contribution in [2.24, 2.45) is 57.7 Å². The third-order valence-electron chi connectivity index (χ3n) is 12.0. The van der Waals surface area contributed by atoms with Gasteiger partial charge < -0.3 is 0 Å². The van der Waals surface area contributed by atoms with Crippen molar-refractivity contribution in [2.75, 3.05) is 0 Å². The maximum atomic E-state index is 2.85. The van der Waals surface area contributed by atoms with Crippen molar-refractivity contribution < 1.29 is 0 Å². The molecule has 158 valence electrons. The molecule has 0 N–H and O–H groups in total. The SMILES string of the molecule is CC1CCC[C@@]2(C)C1CC[C@@]1(C)C3CC[C@@]4(C)CCC(C)[C@H](C)C4C3=CCC12. The predicted octanol–water partition coefficient (Wildman–Crippen LogP) is 8.27. The fraction of sp³-hybridized carbons (Fsp3) is 0.929. The Morgan fingerprint density at radius 3 is 2.32 bits per heavy atom. The second kappa shape index (κ2) is 6.37. The Kier molecular flexibility index (Phi) is 4.48. The summed E-state index contributed by atoms with van der Waals surface area (Å²) >= 11 is 0. The molecule has 0 aromatic carbocycles. The van der Waals surface area contributed by atoms with Gasteiger partial charge in [-0.05, 0) is 109 Å². The van der Waals surface area contributed by atoms with Crippen LogP contribution in [0, 0.1) is 57.7 Å². The summed E-state index contributed by atoms with van der Waals surface area (Å²) in [6, 6.07) is 0. The highest BCUT2D eigenvalue weighted by molar-refractivity contribution is 5.28. The van der Waals surface area contributed by atoms with Crippen LogP contribution in [0.2, 0.25) is 0 Å². The first-order chi connectivity index (χ1) is 13.2. The van der Waals surface area contributed by atoms with Gasteiger partial charge in [-0.3, -0.25) is 0 Å². The van der Waals surface area contributed by atoms with Crippen LogP contribution in [-0.4, -0.2) is 0 Å².